The van der Waals surface area contributed by atoms with E-state index in [2.05, 4.69) is 10.3 Å². The normalized spacial score (nSPS) is 21.9. The second kappa shape index (κ2) is 5.12. The van der Waals surface area contributed by atoms with Gasteiger partial charge in [0.05, 0.1) is 17.1 Å². The fourth-order valence-corrected chi connectivity index (χ4v) is 3.95. The molecule has 1 saturated heterocycles. The number of hydrogen-bond acceptors (Lipinski definition) is 5. The van der Waals surface area contributed by atoms with E-state index >= 15 is 0 Å². The summed E-state index contributed by atoms with van der Waals surface area (Å²) in [6.45, 7) is 0.257. The SMILES string of the molecule is Nc1cc(C(F)(F)F)cc(NCC2CCS(=O)(=O)C2)n1. The van der Waals surface area contributed by atoms with Crippen molar-refractivity contribution in [3.63, 3.8) is 0 Å². The summed E-state index contributed by atoms with van der Waals surface area (Å²) in [6, 6.07) is 1.62. The Labute approximate surface area is 114 Å². The fraction of sp³-hybridized carbons (Fsp3) is 0.545. The zero-order valence-corrected chi connectivity index (χ0v) is 11.3. The van der Waals surface area contributed by atoms with Crippen LogP contribution in [0.4, 0.5) is 24.8 Å². The third-order valence-electron chi connectivity index (χ3n) is 3.07. The summed E-state index contributed by atoms with van der Waals surface area (Å²) in [7, 11) is -3.00. The molecule has 2 rings (SSSR count). The predicted octanol–water partition coefficient (Wildman–Crippen LogP) is 1.53. The summed E-state index contributed by atoms with van der Waals surface area (Å²) in [4.78, 5) is 3.76. The van der Waals surface area contributed by atoms with Gasteiger partial charge in [-0.25, -0.2) is 13.4 Å². The Hall–Kier alpha value is -1.51. The van der Waals surface area contributed by atoms with E-state index in [1.54, 1.807) is 0 Å². The molecule has 0 bridgehead atoms. The van der Waals surface area contributed by atoms with Crippen molar-refractivity contribution in [2.45, 2.75) is 12.6 Å². The molecule has 3 N–H and O–H groups in total. The molecule has 1 aliphatic rings. The molecule has 0 radical (unpaired) electrons. The van der Waals surface area contributed by atoms with Crippen LogP contribution >= 0.6 is 0 Å². The lowest BCUT2D eigenvalue weighted by Gasteiger charge is -2.13. The summed E-state index contributed by atoms with van der Waals surface area (Å²) < 4.78 is 60.4. The number of alkyl halides is 3. The zero-order valence-electron chi connectivity index (χ0n) is 10.4. The van der Waals surface area contributed by atoms with E-state index < -0.39 is 21.6 Å². The minimum absolute atomic E-state index is 0.00150. The summed E-state index contributed by atoms with van der Waals surface area (Å²) in [5.74, 6) is -0.174. The van der Waals surface area contributed by atoms with E-state index in [-0.39, 0.29) is 35.6 Å². The lowest BCUT2D eigenvalue weighted by Crippen LogP contribution is -2.17. The Bertz CT molecular complexity index is 601. The van der Waals surface area contributed by atoms with Crippen molar-refractivity contribution >= 4 is 21.5 Å². The molecule has 9 heteroatoms. The molecule has 1 aromatic rings. The first-order valence-electron chi connectivity index (χ1n) is 5.95. The smallest absolute Gasteiger partial charge is 0.384 e. The van der Waals surface area contributed by atoms with E-state index in [9.17, 15) is 21.6 Å². The van der Waals surface area contributed by atoms with Crippen molar-refractivity contribution in [2.24, 2.45) is 5.92 Å². The number of sulfone groups is 1. The summed E-state index contributed by atoms with van der Waals surface area (Å²) in [6.07, 6.45) is -3.99. The van der Waals surface area contributed by atoms with Crippen LogP contribution in [0.1, 0.15) is 12.0 Å². The van der Waals surface area contributed by atoms with Gasteiger partial charge in [-0.2, -0.15) is 13.2 Å². The number of pyridine rings is 1. The summed E-state index contributed by atoms with van der Waals surface area (Å²) in [5, 5.41) is 2.72. The van der Waals surface area contributed by atoms with Crippen LogP contribution < -0.4 is 11.1 Å². The first-order valence-corrected chi connectivity index (χ1v) is 7.77. The van der Waals surface area contributed by atoms with Crippen molar-refractivity contribution in [1.82, 2.24) is 4.98 Å². The van der Waals surface area contributed by atoms with Crippen LogP contribution in [0.25, 0.3) is 0 Å². The average Bonchev–Trinajstić information content (AvgIpc) is 2.64. The highest BCUT2D eigenvalue weighted by Gasteiger charge is 2.32. The van der Waals surface area contributed by atoms with Crippen molar-refractivity contribution in [3.05, 3.63) is 17.7 Å². The van der Waals surface area contributed by atoms with Crippen molar-refractivity contribution in [1.29, 1.82) is 0 Å². The molecule has 20 heavy (non-hydrogen) atoms. The van der Waals surface area contributed by atoms with Gasteiger partial charge >= 0.3 is 6.18 Å². The average molecular weight is 309 g/mol. The number of nitrogens with one attached hydrogen (secondary N) is 1. The van der Waals surface area contributed by atoms with Crippen LogP contribution in [0, 0.1) is 5.92 Å². The molecular weight excluding hydrogens is 295 g/mol. The molecule has 0 saturated carbocycles. The van der Waals surface area contributed by atoms with Gasteiger partial charge in [0.2, 0.25) is 0 Å². The lowest BCUT2D eigenvalue weighted by atomic mass is 10.1. The van der Waals surface area contributed by atoms with E-state index in [1.165, 1.54) is 0 Å². The van der Waals surface area contributed by atoms with Crippen LogP contribution in [-0.4, -0.2) is 31.5 Å². The molecule has 0 spiro atoms. The Morgan fingerprint density at radius 3 is 2.65 bits per heavy atom. The van der Waals surface area contributed by atoms with E-state index in [1.807, 2.05) is 0 Å². The fourth-order valence-electron chi connectivity index (χ4n) is 2.09. The third kappa shape index (κ3) is 3.75. The maximum Gasteiger partial charge on any atom is 0.416 e. The van der Waals surface area contributed by atoms with E-state index in [0.29, 0.717) is 6.42 Å². The van der Waals surface area contributed by atoms with Crippen LogP contribution in [0.5, 0.6) is 0 Å². The number of halogens is 3. The highest BCUT2D eigenvalue weighted by Crippen LogP contribution is 2.31. The number of rotatable bonds is 3. The molecule has 1 atom stereocenters. The van der Waals surface area contributed by atoms with Gasteiger partial charge in [-0.1, -0.05) is 0 Å². The molecule has 2 heterocycles. The van der Waals surface area contributed by atoms with Crippen molar-refractivity contribution in [3.8, 4) is 0 Å². The Kier molecular flexibility index (Phi) is 3.81. The number of nitrogen functional groups attached to an aromatic ring is 1. The second-order valence-electron chi connectivity index (χ2n) is 4.81. The number of aromatic nitrogens is 1. The van der Waals surface area contributed by atoms with Gasteiger partial charge in [0, 0.05) is 6.54 Å². The van der Waals surface area contributed by atoms with Gasteiger partial charge in [0.25, 0.3) is 0 Å². The summed E-state index contributed by atoms with van der Waals surface area (Å²) >= 11 is 0. The molecule has 1 aliphatic heterocycles. The third-order valence-corrected chi connectivity index (χ3v) is 4.91. The zero-order chi connectivity index (χ0) is 15.0. The largest absolute Gasteiger partial charge is 0.416 e. The molecule has 1 unspecified atom stereocenters. The number of nitrogens with zero attached hydrogens (tertiary/aromatic N) is 1. The van der Waals surface area contributed by atoms with Gasteiger partial charge in [-0.3, -0.25) is 0 Å². The predicted molar refractivity (Wildman–Crippen MR) is 68.9 cm³/mol. The van der Waals surface area contributed by atoms with Crippen LogP contribution in [0.3, 0.4) is 0 Å². The van der Waals surface area contributed by atoms with Crippen LogP contribution in [0.2, 0.25) is 0 Å². The van der Waals surface area contributed by atoms with Crippen LogP contribution in [-0.2, 0) is 16.0 Å². The number of hydrogen-bond donors (Lipinski definition) is 2. The maximum atomic E-state index is 12.6. The Morgan fingerprint density at radius 2 is 2.10 bits per heavy atom. The maximum absolute atomic E-state index is 12.6. The van der Waals surface area contributed by atoms with Gasteiger partial charge in [-0.15, -0.1) is 0 Å². The molecule has 0 amide bonds. The van der Waals surface area contributed by atoms with E-state index in [0.717, 1.165) is 12.1 Å². The molecule has 0 aromatic carbocycles. The van der Waals surface area contributed by atoms with E-state index in [4.69, 9.17) is 5.73 Å². The molecule has 0 aliphatic carbocycles. The molecule has 112 valence electrons. The highest BCUT2D eigenvalue weighted by atomic mass is 32.2. The topological polar surface area (TPSA) is 85.1 Å². The molecule has 5 nitrogen and oxygen atoms in total. The quantitative estimate of drug-likeness (QED) is 0.884. The van der Waals surface area contributed by atoms with Gasteiger partial charge in [-0.05, 0) is 24.5 Å². The minimum atomic E-state index is -4.50. The Morgan fingerprint density at radius 1 is 1.40 bits per heavy atom. The lowest BCUT2D eigenvalue weighted by molar-refractivity contribution is -0.137. The van der Waals surface area contributed by atoms with Crippen molar-refractivity contribution < 1.29 is 21.6 Å². The highest BCUT2D eigenvalue weighted by molar-refractivity contribution is 7.91. The first kappa shape index (κ1) is 14.9. The molecule has 1 aromatic heterocycles. The second-order valence-corrected chi connectivity index (χ2v) is 7.04. The molecule has 1 fully saturated rings. The molecular formula is C11H14F3N3O2S. The summed E-state index contributed by atoms with van der Waals surface area (Å²) in [5.41, 5.74) is 4.45. The number of nitrogens with two attached hydrogens (primary N) is 1. The monoisotopic (exact) mass is 309 g/mol. The van der Waals surface area contributed by atoms with Crippen LogP contribution in [0.15, 0.2) is 12.1 Å². The first-order chi connectivity index (χ1) is 9.16. The van der Waals surface area contributed by atoms with Crippen molar-refractivity contribution in [2.75, 3.05) is 29.1 Å². The van der Waals surface area contributed by atoms with Gasteiger partial charge in [0.15, 0.2) is 9.84 Å². The van der Waals surface area contributed by atoms with Gasteiger partial charge < -0.3 is 11.1 Å². The Balaban J connectivity index is 2.05. The van der Waals surface area contributed by atoms with Gasteiger partial charge in [0.1, 0.15) is 11.6 Å². The number of anilines is 2. The minimum Gasteiger partial charge on any atom is -0.384 e. The standard InChI is InChI=1S/C11H14F3N3O2S/c12-11(13,14)8-3-9(15)17-10(4-8)16-5-7-1-2-20(18,19)6-7/h3-4,7H,1-2,5-6H2,(H3,15,16,17).